The Morgan fingerprint density at radius 1 is 1.30 bits per heavy atom. The highest BCUT2D eigenvalue weighted by atomic mass is 79.9. The van der Waals surface area contributed by atoms with Crippen molar-refractivity contribution in [2.24, 2.45) is 5.73 Å². The van der Waals surface area contributed by atoms with Crippen LogP contribution in [0.15, 0.2) is 28.7 Å². The summed E-state index contributed by atoms with van der Waals surface area (Å²) in [5.41, 5.74) is 6.15. The van der Waals surface area contributed by atoms with Gasteiger partial charge in [-0.2, -0.15) is 0 Å². The molecular formula is C14H18BrN3O2. The van der Waals surface area contributed by atoms with Crippen LogP contribution in [-0.2, 0) is 9.59 Å². The van der Waals surface area contributed by atoms with E-state index in [1.807, 2.05) is 24.3 Å². The van der Waals surface area contributed by atoms with Gasteiger partial charge in [0.05, 0.1) is 6.42 Å². The SMILES string of the molecule is NC(=O)C(CC(=O)N1CCCC1)Nc1ccccc1Br. The molecule has 1 aliphatic heterocycles. The Kier molecular flexibility index (Phi) is 5.00. The number of nitrogens with one attached hydrogen (secondary N) is 1. The normalized spacial score (nSPS) is 15.9. The van der Waals surface area contributed by atoms with E-state index in [1.54, 1.807) is 4.90 Å². The van der Waals surface area contributed by atoms with Crippen molar-refractivity contribution in [3.8, 4) is 0 Å². The van der Waals surface area contributed by atoms with Crippen LogP contribution in [0.25, 0.3) is 0 Å². The number of amides is 2. The van der Waals surface area contributed by atoms with Gasteiger partial charge in [0, 0.05) is 23.2 Å². The van der Waals surface area contributed by atoms with Gasteiger partial charge in [-0.25, -0.2) is 0 Å². The summed E-state index contributed by atoms with van der Waals surface area (Å²) in [5, 5.41) is 3.03. The zero-order valence-corrected chi connectivity index (χ0v) is 12.7. The number of halogens is 1. The molecule has 1 fully saturated rings. The van der Waals surface area contributed by atoms with E-state index in [2.05, 4.69) is 21.2 Å². The van der Waals surface area contributed by atoms with Gasteiger partial charge in [-0.05, 0) is 40.9 Å². The lowest BCUT2D eigenvalue weighted by Crippen LogP contribution is -2.41. The van der Waals surface area contributed by atoms with Gasteiger partial charge < -0.3 is 16.0 Å². The first kappa shape index (κ1) is 14.8. The summed E-state index contributed by atoms with van der Waals surface area (Å²) < 4.78 is 0.833. The van der Waals surface area contributed by atoms with Gasteiger partial charge in [0.15, 0.2) is 0 Å². The van der Waals surface area contributed by atoms with Crippen LogP contribution in [0.1, 0.15) is 19.3 Å². The summed E-state index contributed by atoms with van der Waals surface area (Å²) in [6, 6.07) is 6.74. The van der Waals surface area contributed by atoms with Crippen molar-refractivity contribution in [2.75, 3.05) is 18.4 Å². The second-order valence-electron chi connectivity index (χ2n) is 4.87. The Bertz CT molecular complexity index is 501. The quantitative estimate of drug-likeness (QED) is 0.857. The number of para-hydroxylation sites is 1. The monoisotopic (exact) mass is 339 g/mol. The van der Waals surface area contributed by atoms with Crippen LogP contribution >= 0.6 is 15.9 Å². The molecule has 5 nitrogen and oxygen atoms in total. The van der Waals surface area contributed by atoms with Gasteiger partial charge in [0.25, 0.3) is 0 Å². The summed E-state index contributed by atoms with van der Waals surface area (Å²) in [7, 11) is 0. The van der Waals surface area contributed by atoms with Crippen molar-refractivity contribution in [3.63, 3.8) is 0 Å². The highest BCUT2D eigenvalue weighted by molar-refractivity contribution is 9.10. The molecule has 1 saturated heterocycles. The van der Waals surface area contributed by atoms with E-state index in [-0.39, 0.29) is 12.3 Å². The molecule has 0 saturated carbocycles. The molecule has 0 aromatic heterocycles. The van der Waals surface area contributed by atoms with Crippen molar-refractivity contribution in [3.05, 3.63) is 28.7 Å². The molecule has 0 bridgehead atoms. The minimum absolute atomic E-state index is 0.0224. The van der Waals surface area contributed by atoms with Crippen molar-refractivity contribution >= 4 is 33.4 Å². The topological polar surface area (TPSA) is 75.4 Å². The summed E-state index contributed by atoms with van der Waals surface area (Å²) in [5.74, 6) is -0.542. The fourth-order valence-electron chi connectivity index (χ4n) is 2.26. The fourth-order valence-corrected chi connectivity index (χ4v) is 2.66. The number of carbonyl (C=O) groups excluding carboxylic acids is 2. The van der Waals surface area contributed by atoms with Crippen LogP contribution in [0, 0.1) is 0 Å². The first-order chi connectivity index (χ1) is 9.58. The van der Waals surface area contributed by atoms with E-state index in [0.29, 0.717) is 0 Å². The lowest BCUT2D eigenvalue weighted by molar-refractivity contribution is -0.132. The number of likely N-dealkylation sites (tertiary alicyclic amines) is 1. The predicted octanol–water partition coefficient (Wildman–Crippen LogP) is 1.73. The smallest absolute Gasteiger partial charge is 0.240 e. The molecule has 0 spiro atoms. The molecule has 20 heavy (non-hydrogen) atoms. The third-order valence-electron chi connectivity index (χ3n) is 3.38. The number of hydrogen-bond donors (Lipinski definition) is 2. The van der Waals surface area contributed by atoms with Crippen LogP contribution in [-0.4, -0.2) is 35.8 Å². The van der Waals surface area contributed by atoms with Crippen molar-refractivity contribution in [1.82, 2.24) is 4.90 Å². The Morgan fingerprint density at radius 3 is 2.55 bits per heavy atom. The fraction of sp³-hybridized carbons (Fsp3) is 0.429. The Balaban J connectivity index is 2.02. The Hall–Kier alpha value is -1.56. The highest BCUT2D eigenvalue weighted by Gasteiger charge is 2.25. The largest absolute Gasteiger partial charge is 0.372 e. The van der Waals surface area contributed by atoms with Crippen molar-refractivity contribution in [2.45, 2.75) is 25.3 Å². The highest BCUT2D eigenvalue weighted by Crippen LogP contribution is 2.22. The first-order valence-electron chi connectivity index (χ1n) is 6.66. The average Bonchev–Trinajstić information content (AvgIpc) is 2.94. The van der Waals surface area contributed by atoms with E-state index < -0.39 is 11.9 Å². The van der Waals surface area contributed by atoms with Crippen molar-refractivity contribution in [1.29, 1.82) is 0 Å². The molecule has 6 heteroatoms. The number of anilines is 1. The van der Waals surface area contributed by atoms with Gasteiger partial charge in [-0.3, -0.25) is 9.59 Å². The van der Waals surface area contributed by atoms with E-state index in [0.717, 1.165) is 36.1 Å². The number of rotatable bonds is 5. The van der Waals surface area contributed by atoms with Gasteiger partial charge >= 0.3 is 0 Å². The molecule has 2 amide bonds. The second-order valence-corrected chi connectivity index (χ2v) is 5.73. The zero-order valence-electron chi connectivity index (χ0n) is 11.1. The van der Waals surface area contributed by atoms with Crippen LogP contribution in [0.3, 0.4) is 0 Å². The Morgan fingerprint density at radius 2 is 1.95 bits per heavy atom. The molecule has 3 N–H and O–H groups in total. The maximum Gasteiger partial charge on any atom is 0.240 e. The van der Waals surface area contributed by atoms with E-state index in [1.165, 1.54) is 0 Å². The lowest BCUT2D eigenvalue weighted by atomic mass is 10.1. The van der Waals surface area contributed by atoms with Gasteiger partial charge in [0.1, 0.15) is 6.04 Å². The van der Waals surface area contributed by atoms with Gasteiger partial charge in [-0.15, -0.1) is 0 Å². The molecule has 1 atom stereocenters. The number of nitrogens with two attached hydrogens (primary N) is 1. The maximum atomic E-state index is 12.1. The summed E-state index contributed by atoms with van der Waals surface area (Å²) >= 11 is 3.40. The van der Waals surface area contributed by atoms with Gasteiger partial charge in [-0.1, -0.05) is 12.1 Å². The predicted molar refractivity (Wildman–Crippen MR) is 81.2 cm³/mol. The van der Waals surface area contributed by atoms with Crippen LogP contribution in [0.4, 0.5) is 5.69 Å². The van der Waals surface area contributed by atoms with Gasteiger partial charge in [0.2, 0.25) is 11.8 Å². The number of primary amides is 1. The van der Waals surface area contributed by atoms with Crippen LogP contribution in [0.2, 0.25) is 0 Å². The third-order valence-corrected chi connectivity index (χ3v) is 4.08. The minimum Gasteiger partial charge on any atom is -0.372 e. The molecule has 1 heterocycles. The molecule has 1 unspecified atom stereocenters. The first-order valence-corrected chi connectivity index (χ1v) is 7.45. The lowest BCUT2D eigenvalue weighted by Gasteiger charge is -2.21. The number of nitrogens with zero attached hydrogens (tertiary/aromatic N) is 1. The minimum atomic E-state index is -0.693. The van der Waals surface area contributed by atoms with Crippen molar-refractivity contribution < 1.29 is 9.59 Å². The zero-order chi connectivity index (χ0) is 14.5. The second kappa shape index (κ2) is 6.74. The average molecular weight is 340 g/mol. The molecule has 1 aliphatic rings. The van der Waals surface area contributed by atoms with Crippen LogP contribution < -0.4 is 11.1 Å². The van der Waals surface area contributed by atoms with E-state index in [9.17, 15) is 9.59 Å². The summed E-state index contributed by atoms with van der Waals surface area (Å²) in [6.07, 6.45) is 2.16. The number of hydrogen-bond acceptors (Lipinski definition) is 3. The molecule has 0 aliphatic carbocycles. The molecule has 2 rings (SSSR count). The Labute approximate surface area is 126 Å². The number of carbonyl (C=O) groups is 2. The van der Waals surface area contributed by atoms with E-state index >= 15 is 0 Å². The van der Waals surface area contributed by atoms with E-state index in [4.69, 9.17) is 5.73 Å². The third kappa shape index (κ3) is 3.72. The summed E-state index contributed by atoms with van der Waals surface area (Å²) in [4.78, 5) is 25.4. The standard InChI is InChI=1S/C14H18BrN3O2/c15-10-5-1-2-6-11(10)17-12(14(16)20)9-13(19)18-7-3-4-8-18/h1-2,5-6,12,17H,3-4,7-9H2,(H2,16,20). The molecular weight excluding hydrogens is 322 g/mol. The van der Waals surface area contributed by atoms with Crippen LogP contribution in [0.5, 0.6) is 0 Å². The molecule has 108 valence electrons. The molecule has 1 aromatic rings. The molecule has 1 aromatic carbocycles. The summed E-state index contributed by atoms with van der Waals surface area (Å²) in [6.45, 7) is 1.55. The molecule has 0 radical (unpaired) electrons. The number of benzene rings is 1. The maximum absolute atomic E-state index is 12.1.